The van der Waals surface area contributed by atoms with Crippen LogP contribution in [0.25, 0.3) is 0 Å². The molecule has 0 radical (unpaired) electrons. The molecular weight excluding hydrogens is 154 g/mol. The number of nitriles is 1. The summed E-state index contributed by atoms with van der Waals surface area (Å²) in [5.41, 5.74) is -1.72. The van der Waals surface area contributed by atoms with E-state index in [1.54, 1.807) is 27.9 Å². The quantitative estimate of drug-likeness (QED) is 0.694. The maximum atomic E-state index is 9.87. The molecule has 1 unspecified atom stereocenters. The van der Waals surface area contributed by atoms with Crippen molar-refractivity contribution in [2.45, 2.75) is 32.8 Å². The van der Waals surface area contributed by atoms with Gasteiger partial charge < -0.3 is 9.84 Å². The van der Waals surface area contributed by atoms with Crippen LogP contribution >= 0.6 is 0 Å². The van der Waals surface area contributed by atoms with Crippen LogP contribution in [-0.2, 0) is 4.74 Å². The van der Waals surface area contributed by atoms with Crippen molar-refractivity contribution in [3.63, 3.8) is 0 Å². The van der Waals surface area contributed by atoms with Crippen molar-refractivity contribution in [3.05, 3.63) is 0 Å². The Balaban J connectivity index is 4.30. The average molecular weight is 171 g/mol. The molecule has 3 nitrogen and oxygen atoms in total. The summed E-state index contributed by atoms with van der Waals surface area (Å²) >= 11 is 0. The third kappa shape index (κ3) is 2.47. The van der Waals surface area contributed by atoms with Crippen molar-refractivity contribution in [2.75, 3.05) is 13.7 Å². The number of methoxy groups -OCH3 is 1. The molecule has 12 heavy (non-hydrogen) atoms. The molecule has 1 N–H and O–H groups in total. The Kier molecular flexibility index (Phi) is 3.69. The number of hydrogen-bond acceptors (Lipinski definition) is 3. The third-order valence-electron chi connectivity index (χ3n) is 2.42. The van der Waals surface area contributed by atoms with Crippen LogP contribution in [0.3, 0.4) is 0 Å². The van der Waals surface area contributed by atoms with E-state index in [1.165, 1.54) is 0 Å². The van der Waals surface area contributed by atoms with Crippen molar-refractivity contribution < 1.29 is 9.84 Å². The van der Waals surface area contributed by atoms with E-state index in [2.05, 4.69) is 6.07 Å². The highest BCUT2D eigenvalue weighted by atomic mass is 16.5. The van der Waals surface area contributed by atoms with Crippen molar-refractivity contribution in [1.82, 2.24) is 0 Å². The van der Waals surface area contributed by atoms with Gasteiger partial charge in [-0.15, -0.1) is 0 Å². The molecule has 0 bridgehead atoms. The lowest BCUT2D eigenvalue weighted by Gasteiger charge is -2.34. The molecule has 0 rings (SSSR count). The van der Waals surface area contributed by atoms with Gasteiger partial charge in [0.25, 0.3) is 0 Å². The standard InChI is InChI=1S/C9H17NO2/c1-8(2,7-10)9(3,11)5-6-12-4/h11H,5-6H2,1-4H3. The molecule has 70 valence electrons. The fourth-order valence-corrected chi connectivity index (χ4v) is 0.734. The smallest absolute Gasteiger partial charge is 0.0821 e. The molecule has 0 fully saturated rings. The molecule has 0 aliphatic rings. The summed E-state index contributed by atoms with van der Waals surface area (Å²) in [7, 11) is 1.58. The molecule has 1 atom stereocenters. The minimum atomic E-state index is -0.988. The fraction of sp³-hybridized carbons (Fsp3) is 0.889. The van der Waals surface area contributed by atoms with Crippen LogP contribution in [0.2, 0.25) is 0 Å². The van der Waals surface area contributed by atoms with Gasteiger partial charge in [0.1, 0.15) is 0 Å². The van der Waals surface area contributed by atoms with E-state index in [9.17, 15) is 5.11 Å². The number of ether oxygens (including phenoxy) is 1. The minimum Gasteiger partial charge on any atom is -0.388 e. The Labute approximate surface area is 74.0 Å². The second-order valence-electron chi connectivity index (χ2n) is 3.75. The van der Waals surface area contributed by atoms with Crippen LogP contribution in [0.5, 0.6) is 0 Å². The first-order valence-corrected chi connectivity index (χ1v) is 4.00. The molecule has 0 aromatic rings. The van der Waals surface area contributed by atoms with E-state index in [1.807, 2.05) is 0 Å². The molecule has 0 amide bonds. The Bertz CT molecular complexity index is 179. The van der Waals surface area contributed by atoms with Crippen LogP contribution in [-0.4, -0.2) is 24.4 Å². The van der Waals surface area contributed by atoms with Gasteiger partial charge in [-0.2, -0.15) is 5.26 Å². The first-order chi connectivity index (χ1) is 5.37. The summed E-state index contributed by atoms with van der Waals surface area (Å²) in [5.74, 6) is 0. The van der Waals surface area contributed by atoms with Crippen molar-refractivity contribution in [3.8, 4) is 6.07 Å². The summed E-state index contributed by atoms with van der Waals surface area (Å²) < 4.78 is 4.85. The van der Waals surface area contributed by atoms with E-state index in [0.29, 0.717) is 13.0 Å². The number of nitrogens with zero attached hydrogens (tertiary/aromatic N) is 1. The van der Waals surface area contributed by atoms with Crippen molar-refractivity contribution >= 4 is 0 Å². The zero-order chi connectivity index (χ0) is 9.83. The molecule has 0 spiro atoms. The van der Waals surface area contributed by atoms with E-state index in [0.717, 1.165) is 0 Å². The second kappa shape index (κ2) is 3.88. The fourth-order valence-electron chi connectivity index (χ4n) is 0.734. The lowest BCUT2D eigenvalue weighted by Crippen LogP contribution is -2.41. The summed E-state index contributed by atoms with van der Waals surface area (Å²) in [6.45, 7) is 5.58. The van der Waals surface area contributed by atoms with Crippen molar-refractivity contribution in [1.29, 1.82) is 5.26 Å². The Morgan fingerprint density at radius 2 is 1.92 bits per heavy atom. The third-order valence-corrected chi connectivity index (χ3v) is 2.42. The SMILES string of the molecule is COCCC(C)(O)C(C)(C)C#N. The average Bonchev–Trinajstić information content (AvgIpc) is 2.00. The molecule has 0 aromatic carbocycles. The van der Waals surface area contributed by atoms with Crippen LogP contribution < -0.4 is 0 Å². The maximum Gasteiger partial charge on any atom is 0.0821 e. The summed E-state index contributed by atoms with van der Waals surface area (Å²) in [6.07, 6.45) is 0.476. The molecule has 0 aliphatic heterocycles. The molecular formula is C9H17NO2. The van der Waals surface area contributed by atoms with Gasteiger partial charge in [-0.3, -0.25) is 0 Å². The molecule has 3 heteroatoms. The van der Waals surface area contributed by atoms with Crippen LogP contribution in [0.15, 0.2) is 0 Å². The highest BCUT2D eigenvalue weighted by Crippen LogP contribution is 2.32. The summed E-state index contributed by atoms with van der Waals surface area (Å²) in [5, 5.41) is 18.6. The number of hydrogen-bond donors (Lipinski definition) is 1. The van der Waals surface area contributed by atoms with Gasteiger partial charge in [-0.25, -0.2) is 0 Å². The molecule has 0 saturated heterocycles. The van der Waals surface area contributed by atoms with Crippen LogP contribution in [0.4, 0.5) is 0 Å². The van der Waals surface area contributed by atoms with E-state index in [4.69, 9.17) is 10.00 Å². The lowest BCUT2D eigenvalue weighted by molar-refractivity contribution is -0.0437. The molecule has 0 saturated carbocycles. The van der Waals surface area contributed by atoms with Gasteiger partial charge in [-0.1, -0.05) is 0 Å². The Morgan fingerprint density at radius 3 is 2.25 bits per heavy atom. The Hall–Kier alpha value is -0.590. The molecule has 0 heterocycles. The lowest BCUT2D eigenvalue weighted by atomic mass is 9.75. The van der Waals surface area contributed by atoms with Gasteiger partial charge in [0.15, 0.2) is 0 Å². The van der Waals surface area contributed by atoms with Crippen LogP contribution in [0, 0.1) is 16.7 Å². The molecule has 0 aromatic heterocycles. The second-order valence-corrected chi connectivity index (χ2v) is 3.75. The maximum absolute atomic E-state index is 9.87. The minimum absolute atomic E-state index is 0.470. The Morgan fingerprint density at radius 1 is 1.42 bits per heavy atom. The van der Waals surface area contributed by atoms with E-state index in [-0.39, 0.29) is 0 Å². The van der Waals surface area contributed by atoms with E-state index < -0.39 is 11.0 Å². The van der Waals surface area contributed by atoms with Gasteiger partial charge in [0, 0.05) is 20.1 Å². The van der Waals surface area contributed by atoms with Gasteiger partial charge >= 0.3 is 0 Å². The zero-order valence-electron chi connectivity index (χ0n) is 8.22. The van der Waals surface area contributed by atoms with Crippen LogP contribution in [0.1, 0.15) is 27.2 Å². The number of aliphatic hydroxyl groups is 1. The largest absolute Gasteiger partial charge is 0.388 e. The van der Waals surface area contributed by atoms with Crippen molar-refractivity contribution in [2.24, 2.45) is 5.41 Å². The normalized spacial score (nSPS) is 16.7. The number of rotatable bonds is 4. The van der Waals surface area contributed by atoms with Gasteiger partial charge in [-0.05, 0) is 20.8 Å². The monoisotopic (exact) mass is 171 g/mol. The highest BCUT2D eigenvalue weighted by Gasteiger charge is 2.39. The summed E-state index contributed by atoms with van der Waals surface area (Å²) in [4.78, 5) is 0. The highest BCUT2D eigenvalue weighted by molar-refractivity contribution is 5.04. The predicted molar refractivity (Wildman–Crippen MR) is 46.5 cm³/mol. The van der Waals surface area contributed by atoms with Gasteiger partial charge in [0.2, 0.25) is 0 Å². The van der Waals surface area contributed by atoms with E-state index >= 15 is 0 Å². The first kappa shape index (κ1) is 11.4. The van der Waals surface area contributed by atoms with Gasteiger partial charge in [0.05, 0.1) is 17.1 Å². The predicted octanol–water partition coefficient (Wildman–Crippen LogP) is 1.32. The molecule has 0 aliphatic carbocycles. The summed E-state index contributed by atoms with van der Waals surface area (Å²) in [6, 6.07) is 2.08. The first-order valence-electron chi connectivity index (χ1n) is 4.00. The zero-order valence-corrected chi connectivity index (χ0v) is 8.22. The topological polar surface area (TPSA) is 53.2 Å².